The number of fused-ring (bicyclic) bond motifs is 1. The molecule has 76 valence electrons. The fraction of sp³-hybridized carbons (Fsp3) is 0.143. The lowest BCUT2D eigenvalue weighted by molar-refractivity contribution is 1.29. The maximum atomic E-state index is 3.71. The minimum Gasteiger partial charge on any atom is -0.358 e. The van der Waals surface area contributed by atoms with Gasteiger partial charge in [0.15, 0.2) is 0 Å². The zero-order valence-electron chi connectivity index (χ0n) is 8.96. The summed E-state index contributed by atoms with van der Waals surface area (Å²) >= 11 is 0. The van der Waals surface area contributed by atoms with E-state index in [9.17, 15) is 0 Å². The maximum absolute atomic E-state index is 3.71. The van der Waals surface area contributed by atoms with Crippen LogP contribution in [0.3, 0.4) is 0 Å². The number of aromatic nitrogens is 1. The molecule has 1 heterocycles. The number of allylic oxidation sites excluding steroid dienone is 2. The number of para-hydroxylation sites is 1. The van der Waals surface area contributed by atoms with Crippen LogP contribution in [0, 0.1) is 6.92 Å². The Bertz CT molecular complexity index is 503. The summed E-state index contributed by atoms with van der Waals surface area (Å²) in [5, 5.41) is 1.29. The molecule has 1 aromatic carbocycles. The smallest absolute Gasteiger partial charge is 0.0462 e. The van der Waals surface area contributed by atoms with E-state index in [4.69, 9.17) is 0 Å². The second-order valence-electron chi connectivity index (χ2n) is 3.64. The van der Waals surface area contributed by atoms with Crippen molar-refractivity contribution < 1.29 is 0 Å². The number of nitrogens with one attached hydrogen (secondary N) is 1. The van der Waals surface area contributed by atoms with Crippen molar-refractivity contribution >= 4 is 17.0 Å². The normalized spacial score (nSPS) is 11.3. The predicted octanol–water partition coefficient (Wildman–Crippen LogP) is 4.07. The maximum Gasteiger partial charge on any atom is 0.0462 e. The monoisotopic (exact) mass is 197 g/mol. The fourth-order valence-electron chi connectivity index (χ4n) is 1.80. The van der Waals surface area contributed by atoms with Crippen LogP contribution in [0.1, 0.15) is 17.7 Å². The highest BCUT2D eigenvalue weighted by molar-refractivity contribution is 5.90. The summed E-state index contributed by atoms with van der Waals surface area (Å²) in [6, 6.07) is 8.37. The Kier molecular flexibility index (Phi) is 2.72. The van der Waals surface area contributed by atoms with E-state index in [1.807, 2.05) is 6.08 Å². The summed E-state index contributed by atoms with van der Waals surface area (Å²) in [6.07, 6.45) is 7.12. The van der Waals surface area contributed by atoms with Crippen LogP contribution in [-0.2, 0) is 0 Å². The van der Waals surface area contributed by atoms with E-state index >= 15 is 0 Å². The van der Waals surface area contributed by atoms with Gasteiger partial charge in [0.1, 0.15) is 0 Å². The minimum atomic E-state index is 0.916. The van der Waals surface area contributed by atoms with Crippen LogP contribution in [-0.4, -0.2) is 4.98 Å². The molecule has 1 N–H and O–H groups in total. The molecule has 0 bridgehead atoms. The molecule has 0 aliphatic carbocycles. The fourth-order valence-corrected chi connectivity index (χ4v) is 1.80. The molecule has 0 saturated carbocycles. The molecular formula is C14H15N. The summed E-state index contributed by atoms with van der Waals surface area (Å²) < 4.78 is 0. The summed E-state index contributed by atoms with van der Waals surface area (Å²) in [5.74, 6) is 0. The van der Waals surface area contributed by atoms with Crippen molar-refractivity contribution in [2.75, 3.05) is 0 Å². The van der Waals surface area contributed by atoms with Crippen LogP contribution in [0.15, 0.2) is 43.0 Å². The van der Waals surface area contributed by atoms with E-state index in [0.717, 1.165) is 6.42 Å². The number of hydrogen-bond acceptors (Lipinski definition) is 0. The topological polar surface area (TPSA) is 15.8 Å². The zero-order chi connectivity index (χ0) is 10.7. The molecule has 2 rings (SSSR count). The molecule has 0 radical (unpaired) electrons. The Balaban J connectivity index is 2.49. The van der Waals surface area contributed by atoms with Crippen molar-refractivity contribution in [2.24, 2.45) is 0 Å². The van der Waals surface area contributed by atoms with Gasteiger partial charge in [0, 0.05) is 22.2 Å². The standard InChI is InChI=1S/C14H15N/c1-3-4-5-8-12-11(2)15-14-10-7-6-9-13(12)14/h3,5-10,15H,1,4H2,2H3/b8-5-. The molecule has 0 atom stereocenters. The number of hydrogen-bond donors (Lipinski definition) is 1. The van der Waals surface area contributed by atoms with Gasteiger partial charge in [-0.1, -0.05) is 36.4 Å². The van der Waals surface area contributed by atoms with Crippen molar-refractivity contribution in [1.29, 1.82) is 0 Å². The first-order chi connectivity index (χ1) is 7.33. The average molecular weight is 197 g/mol. The van der Waals surface area contributed by atoms with Gasteiger partial charge in [-0.2, -0.15) is 0 Å². The molecule has 15 heavy (non-hydrogen) atoms. The van der Waals surface area contributed by atoms with Gasteiger partial charge < -0.3 is 4.98 Å². The number of benzene rings is 1. The first-order valence-corrected chi connectivity index (χ1v) is 5.17. The van der Waals surface area contributed by atoms with Gasteiger partial charge in [-0.3, -0.25) is 0 Å². The van der Waals surface area contributed by atoms with E-state index in [2.05, 4.69) is 54.9 Å². The molecule has 1 nitrogen and oxygen atoms in total. The quantitative estimate of drug-likeness (QED) is 0.714. The number of aryl methyl sites for hydroxylation is 1. The highest BCUT2D eigenvalue weighted by Crippen LogP contribution is 2.22. The minimum absolute atomic E-state index is 0.916. The zero-order valence-corrected chi connectivity index (χ0v) is 8.96. The summed E-state index contributed by atoms with van der Waals surface area (Å²) in [4.78, 5) is 3.38. The van der Waals surface area contributed by atoms with Gasteiger partial charge in [0.25, 0.3) is 0 Å². The predicted molar refractivity (Wildman–Crippen MR) is 66.9 cm³/mol. The molecular weight excluding hydrogens is 182 g/mol. The van der Waals surface area contributed by atoms with Crippen molar-refractivity contribution in [3.05, 3.63) is 54.3 Å². The van der Waals surface area contributed by atoms with Crippen LogP contribution in [0.25, 0.3) is 17.0 Å². The number of rotatable bonds is 3. The Hall–Kier alpha value is -1.76. The Labute approximate surface area is 90.1 Å². The van der Waals surface area contributed by atoms with Gasteiger partial charge in [-0.15, -0.1) is 6.58 Å². The molecule has 0 spiro atoms. The highest BCUT2D eigenvalue weighted by atomic mass is 14.7. The second-order valence-corrected chi connectivity index (χ2v) is 3.64. The summed E-state index contributed by atoms with van der Waals surface area (Å²) in [7, 11) is 0. The lowest BCUT2D eigenvalue weighted by atomic mass is 10.1. The van der Waals surface area contributed by atoms with Crippen molar-refractivity contribution in [1.82, 2.24) is 4.98 Å². The molecule has 1 heteroatoms. The molecule has 0 unspecified atom stereocenters. The van der Waals surface area contributed by atoms with E-state index in [1.54, 1.807) is 0 Å². The van der Waals surface area contributed by atoms with Crippen LogP contribution in [0.4, 0.5) is 0 Å². The van der Waals surface area contributed by atoms with Gasteiger partial charge in [0.2, 0.25) is 0 Å². The van der Waals surface area contributed by atoms with Crippen LogP contribution >= 0.6 is 0 Å². The van der Waals surface area contributed by atoms with E-state index in [-0.39, 0.29) is 0 Å². The number of aromatic amines is 1. The van der Waals surface area contributed by atoms with Crippen molar-refractivity contribution in [2.45, 2.75) is 13.3 Å². The van der Waals surface area contributed by atoms with E-state index in [1.165, 1.54) is 22.2 Å². The molecule has 0 fully saturated rings. The lowest BCUT2D eigenvalue weighted by Crippen LogP contribution is -1.73. The van der Waals surface area contributed by atoms with Gasteiger partial charge in [-0.05, 0) is 19.4 Å². The van der Waals surface area contributed by atoms with Crippen LogP contribution < -0.4 is 0 Å². The second kappa shape index (κ2) is 4.18. The summed E-state index contributed by atoms with van der Waals surface area (Å²) in [5.41, 5.74) is 3.71. The lowest BCUT2D eigenvalue weighted by Gasteiger charge is -1.92. The Morgan fingerprint density at radius 2 is 2.13 bits per heavy atom. The van der Waals surface area contributed by atoms with E-state index in [0.29, 0.717) is 0 Å². The van der Waals surface area contributed by atoms with Gasteiger partial charge in [-0.25, -0.2) is 0 Å². The first-order valence-electron chi connectivity index (χ1n) is 5.17. The molecule has 2 aromatic rings. The third-order valence-electron chi connectivity index (χ3n) is 2.53. The average Bonchev–Trinajstić information content (AvgIpc) is 2.56. The van der Waals surface area contributed by atoms with Crippen molar-refractivity contribution in [3.63, 3.8) is 0 Å². The molecule has 0 amide bonds. The van der Waals surface area contributed by atoms with Crippen LogP contribution in [0.2, 0.25) is 0 Å². The van der Waals surface area contributed by atoms with Crippen molar-refractivity contribution in [3.8, 4) is 0 Å². The summed E-state index contributed by atoms with van der Waals surface area (Å²) in [6.45, 7) is 5.81. The Morgan fingerprint density at radius 3 is 2.93 bits per heavy atom. The first kappa shape index (κ1) is 9.78. The van der Waals surface area contributed by atoms with E-state index < -0.39 is 0 Å². The molecule has 1 aromatic heterocycles. The molecule has 0 aliphatic heterocycles. The van der Waals surface area contributed by atoms with Gasteiger partial charge >= 0.3 is 0 Å². The third kappa shape index (κ3) is 1.86. The molecule has 0 saturated heterocycles. The molecule has 0 aliphatic rings. The van der Waals surface area contributed by atoms with Crippen LogP contribution in [0.5, 0.6) is 0 Å². The SMILES string of the molecule is C=CC/C=C\c1c(C)[nH]c2ccccc12. The largest absolute Gasteiger partial charge is 0.358 e. The highest BCUT2D eigenvalue weighted by Gasteiger charge is 2.03. The Morgan fingerprint density at radius 1 is 1.33 bits per heavy atom. The van der Waals surface area contributed by atoms with Gasteiger partial charge in [0.05, 0.1) is 0 Å². The number of H-pyrrole nitrogens is 1. The third-order valence-corrected chi connectivity index (χ3v) is 2.53.